The Morgan fingerprint density at radius 2 is 2.25 bits per heavy atom. The summed E-state index contributed by atoms with van der Waals surface area (Å²) in [6.07, 6.45) is 3.91. The SMILES string of the molecule is CCC(=CCN1CCCNCC1)C(=O)OC. The molecule has 0 spiro atoms. The van der Waals surface area contributed by atoms with Gasteiger partial charge in [0.15, 0.2) is 0 Å². The van der Waals surface area contributed by atoms with Crippen molar-refractivity contribution in [1.82, 2.24) is 10.2 Å². The number of esters is 1. The van der Waals surface area contributed by atoms with Crippen LogP contribution in [0, 0.1) is 0 Å². The lowest BCUT2D eigenvalue weighted by Crippen LogP contribution is -2.28. The van der Waals surface area contributed by atoms with Crippen LogP contribution in [0.3, 0.4) is 0 Å². The fraction of sp³-hybridized carbons (Fsp3) is 0.750. The van der Waals surface area contributed by atoms with Gasteiger partial charge in [0.1, 0.15) is 0 Å². The molecule has 0 radical (unpaired) electrons. The first-order valence-electron chi connectivity index (χ1n) is 5.98. The number of carbonyl (C=O) groups is 1. The predicted octanol–water partition coefficient (Wildman–Crippen LogP) is 0.791. The van der Waals surface area contributed by atoms with E-state index in [0.29, 0.717) is 0 Å². The van der Waals surface area contributed by atoms with Crippen LogP contribution < -0.4 is 5.32 Å². The zero-order valence-electron chi connectivity index (χ0n) is 10.3. The molecule has 1 aliphatic rings. The third-order valence-corrected chi connectivity index (χ3v) is 2.86. The van der Waals surface area contributed by atoms with Crippen molar-refractivity contribution < 1.29 is 9.53 Å². The molecular weight excluding hydrogens is 204 g/mol. The number of nitrogens with one attached hydrogen (secondary N) is 1. The average molecular weight is 226 g/mol. The van der Waals surface area contributed by atoms with Gasteiger partial charge >= 0.3 is 5.97 Å². The first-order valence-corrected chi connectivity index (χ1v) is 5.98. The molecule has 0 unspecified atom stereocenters. The molecule has 1 aliphatic heterocycles. The van der Waals surface area contributed by atoms with E-state index in [9.17, 15) is 4.79 Å². The number of nitrogens with zero attached hydrogens (tertiary/aromatic N) is 1. The molecule has 4 nitrogen and oxygen atoms in total. The van der Waals surface area contributed by atoms with Gasteiger partial charge in [-0.1, -0.05) is 13.0 Å². The lowest BCUT2D eigenvalue weighted by Gasteiger charge is -2.17. The molecule has 92 valence electrons. The van der Waals surface area contributed by atoms with Crippen molar-refractivity contribution in [3.63, 3.8) is 0 Å². The van der Waals surface area contributed by atoms with Gasteiger partial charge in [0.2, 0.25) is 0 Å². The van der Waals surface area contributed by atoms with Gasteiger partial charge in [-0.05, 0) is 25.9 Å². The molecule has 0 aromatic carbocycles. The summed E-state index contributed by atoms with van der Waals surface area (Å²) in [5.74, 6) is -0.199. The standard InChI is InChI=1S/C12H22N2O2/c1-3-11(12(15)16-2)5-9-14-8-4-6-13-7-10-14/h5,13H,3-4,6-10H2,1-2H3. The van der Waals surface area contributed by atoms with Crippen molar-refractivity contribution in [2.75, 3.05) is 39.8 Å². The van der Waals surface area contributed by atoms with Crippen LogP contribution in [-0.4, -0.2) is 50.7 Å². The van der Waals surface area contributed by atoms with E-state index in [1.807, 2.05) is 13.0 Å². The Bertz CT molecular complexity index is 243. The highest BCUT2D eigenvalue weighted by molar-refractivity contribution is 5.88. The van der Waals surface area contributed by atoms with E-state index < -0.39 is 0 Å². The number of methoxy groups -OCH3 is 1. The van der Waals surface area contributed by atoms with Gasteiger partial charge in [-0.15, -0.1) is 0 Å². The summed E-state index contributed by atoms with van der Waals surface area (Å²) < 4.78 is 4.73. The zero-order chi connectivity index (χ0) is 11.8. The van der Waals surface area contributed by atoms with Crippen LogP contribution >= 0.6 is 0 Å². The summed E-state index contributed by atoms with van der Waals surface area (Å²) >= 11 is 0. The summed E-state index contributed by atoms with van der Waals surface area (Å²) in [6.45, 7) is 7.11. The van der Waals surface area contributed by atoms with Crippen LogP contribution in [0.25, 0.3) is 0 Å². The molecule has 0 saturated carbocycles. The number of carbonyl (C=O) groups excluding carboxylic acids is 1. The lowest BCUT2D eigenvalue weighted by atomic mass is 10.2. The minimum Gasteiger partial charge on any atom is -0.466 e. The summed E-state index contributed by atoms with van der Waals surface area (Å²) in [5.41, 5.74) is 0.778. The molecule has 0 aromatic rings. The van der Waals surface area contributed by atoms with E-state index in [0.717, 1.165) is 44.7 Å². The molecule has 1 N–H and O–H groups in total. The van der Waals surface area contributed by atoms with Crippen molar-refractivity contribution >= 4 is 5.97 Å². The molecule has 0 amide bonds. The fourth-order valence-corrected chi connectivity index (χ4v) is 1.83. The second-order valence-corrected chi connectivity index (χ2v) is 3.98. The van der Waals surface area contributed by atoms with Crippen LogP contribution in [0.15, 0.2) is 11.6 Å². The zero-order valence-corrected chi connectivity index (χ0v) is 10.3. The molecular formula is C12H22N2O2. The Kier molecular flexibility index (Phi) is 6.11. The monoisotopic (exact) mass is 226 g/mol. The molecule has 1 rings (SSSR count). The maximum atomic E-state index is 11.4. The van der Waals surface area contributed by atoms with Gasteiger partial charge in [-0.3, -0.25) is 4.90 Å². The van der Waals surface area contributed by atoms with Crippen molar-refractivity contribution in [2.24, 2.45) is 0 Å². The van der Waals surface area contributed by atoms with Crippen molar-refractivity contribution in [3.05, 3.63) is 11.6 Å². The molecule has 16 heavy (non-hydrogen) atoms. The van der Waals surface area contributed by atoms with Gasteiger partial charge in [-0.25, -0.2) is 4.79 Å². The molecule has 0 aliphatic carbocycles. The lowest BCUT2D eigenvalue weighted by molar-refractivity contribution is -0.136. The number of rotatable bonds is 4. The fourth-order valence-electron chi connectivity index (χ4n) is 1.83. The normalized spacial score (nSPS) is 19.2. The van der Waals surface area contributed by atoms with Crippen LogP contribution in [0.2, 0.25) is 0 Å². The molecule has 0 aromatic heterocycles. The highest BCUT2D eigenvalue weighted by Gasteiger charge is 2.10. The summed E-state index contributed by atoms with van der Waals surface area (Å²) in [5, 5.41) is 3.36. The third kappa shape index (κ3) is 4.33. The Hall–Kier alpha value is -0.870. The smallest absolute Gasteiger partial charge is 0.333 e. The van der Waals surface area contributed by atoms with Gasteiger partial charge in [0.05, 0.1) is 7.11 Å². The Balaban J connectivity index is 2.44. The van der Waals surface area contributed by atoms with E-state index in [4.69, 9.17) is 4.74 Å². The molecule has 1 saturated heterocycles. The van der Waals surface area contributed by atoms with E-state index in [2.05, 4.69) is 10.2 Å². The maximum Gasteiger partial charge on any atom is 0.333 e. The van der Waals surface area contributed by atoms with Gasteiger partial charge in [0.25, 0.3) is 0 Å². The Morgan fingerprint density at radius 3 is 2.94 bits per heavy atom. The van der Waals surface area contributed by atoms with E-state index >= 15 is 0 Å². The molecule has 1 heterocycles. The first-order chi connectivity index (χ1) is 7.77. The third-order valence-electron chi connectivity index (χ3n) is 2.86. The molecule has 0 atom stereocenters. The molecule has 4 heteroatoms. The maximum absolute atomic E-state index is 11.4. The largest absolute Gasteiger partial charge is 0.466 e. The second kappa shape index (κ2) is 7.41. The highest BCUT2D eigenvalue weighted by Crippen LogP contribution is 2.04. The number of ether oxygens (including phenoxy) is 1. The van der Waals surface area contributed by atoms with E-state index in [1.54, 1.807) is 0 Å². The average Bonchev–Trinajstić information content (AvgIpc) is 2.58. The van der Waals surface area contributed by atoms with Crippen molar-refractivity contribution in [2.45, 2.75) is 19.8 Å². The minimum atomic E-state index is -0.199. The van der Waals surface area contributed by atoms with Crippen LogP contribution in [-0.2, 0) is 9.53 Å². The summed E-state index contributed by atoms with van der Waals surface area (Å²) in [7, 11) is 1.43. The van der Waals surface area contributed by atoms with E-state index in [1.165, 1.54) is 13.5 Å². The van der Waals surface area contributed by atoms with Gasteiger partial charge < -0.3 is 10.1 Å². The summed E-state index contributed by atoms with van der Waals surface area (Å²) in [6, 6.07) is 0. The van der Waals surface area contributed by atoms with Gasteiger partial charge in [0, 0.05) is 25.2 Å². The quantitative estimate of drug-likeness (QED) is 0.568. The molecule has 0 bridgehead atoms. The van der Waals surface area contributed by atoms with Gasteiger partial charge in [-0.2, -0.15) is 0 Å². The Morgan fingerprint density at radius 1 is 1.44 bits per heavy atom. The van der Waals surface area contributed by atoms with Crippen molar-refractivity contribution in [3.8, 4) is 0 Å². The van der Waals surface area contributed by atoms with Crippen LogP contribution in [0.4, 0.5) is 0 Å². The van der Waals surface area contributed by atoms with E-state index in [-0.39, 0.29) is 5.97 Å². The second-order valence-electron chi connectivity index (χ2n) is 3.98. The number of hydrogen-bond acceptors (Lipinski definition) is 4. The summed E-state index contributed by atoms with van der Waals surface area (Å²) in [4.78, 5) is 13.7. The topological polar surface area (TPSA) is 41.6 Å². The number of hydrogen-bond donors (Lipinski definition) is 1. The predicted molar refractivity (Wildman–Crippen MR) is 64.3 cm³/mol. The Labute approximate surface area is 97.6 Å². The minimum absolute atomic E-state index is 0.199. The highest BCUT2D eigenvalue weighted by atomic mass is 16.5. The van der Waals surface area contributed by atoms with Crippen LogP contribution in [0.1, 0.15) is 19.8 Å². The van der Waals surface area contributed by atoms with Crippen molar-refractivity contribution in [1.29, 1.82) is 0 Å². The first kappa shape index (κ1) is 13.2. The van der Waals surface area contributed by atoms with Crippen LogP contribution in [0.5, 0.6) is 0 Å². The molecule has 1 fully saturated rings.